The van der Waals surface area contributed by atoms with E-state index in [9.17, 15) is 4.79 Å². The van der Waals surface area contributed by atoms with Crippen LogP contribution in [0.1, 0.15) is 25.8 Å². The first-order chi connectivity index (χ1) is 10.1. The zero-order chi connectivity index (χ0) is 15.2. The lowest BCUT2D eigenvalue weighted by molar-refractivity contribution is -0.138. The third-order valence-electron chi connectivity index (χ3n) is 3.88. The highest BCUT2D eigenvalue weighted by atomic mass is 16.5. The molecule has 0 saturated carbocycles. The van der Waals surface area contributed by atoms with Gasteiger partial charge in [-0.1, -0.05) is 17.7 Å². The molecule has 1 aromatic rings. The maximum atomic E-state index is 12.5. The molecule has 4 heteroatoms. The molecule has 0 bridgehead atoms. The second-order valence-electron chi connectivity index (χ2n) is 5.68. The van der Waals surface area contributed by atoms with Crippen molar-refractivity contribution in [2.24, 2.45) is 5.92 Å². The highest BCUT2D eigenvalue weighted by molar-refractivity contribution is 5.80. The highest BCUT2D eigenvalue weighted by Crippen LogP contribution is 2.17. The molecule has 1 saturated heterocycles. The molecule has 4 nitrogen and oxygen atoms in total. The Labute approximate surface area is 127 Å². The molecular formula is C17H25NO3. The lowest BCUT2D eigenvalue weighted by Gasteiger charge is -2.27. The van der Waals surface area contributed by atoms with Crippen LogP contribution in [0.25, 0.3) is 0 Å². The first-order valence-corrected chi connectivity index (χ1v) is 7.70. The summed E-state index contributed by atoms with van der Waals surface area (Å²) in [5, 5.41) is 0. The summed E-state index contributed by atoms with van der Waals surface area (Å²) in [4.78, 5) is 14.4. The SMILES string of the molecule is CCN(C[C@@H]1CCOC1)C(=O)[C@@H](C)Oc1ccc(C)cc1. The van der Waals surface area contributed by atoms with E-state index in [1.54, 1.807) is 0 Å². The first kappa shape index (κ1) is 15.8. The van der Waals surface area contributed by atoms with Crippen LogP contribution in [0.15, 0.2) is 24.3 Å². The lowest BCUT2D eigenvalue weighted by atomic mass is 10.1. The summed E-state index contributed by atoms with van der Waals surface area (Å²) >= 11 is 0. The molecule has 1 aliphatic rings. The number of hydrogen-bond acceptors (Lipinski definition) is 3. The van der Waals surface area contributed by atoms with Gasteiger partial charge in [0, 0.05) is 25.6 Å². The number of hydrogen-bond donors (Lipinski definition) is 0. The van der Waals surface area contributed by atoms with Gasteiger partial charge in [-0.25, -0.2) is 0 Å². The van der Waals surface area contributed by atoms with Gasteiger partial charge in [0.25, 0.3) is 5.91 Å². The number of likely N-dealkylation sites (N-methyl/N-ethyl adjacent to an activating group) is 1. The van der Waals surface area contributed by atoms with Crippen LogP contribution in [0.5, 0.6) is 5.75 Å². The molecule has 0 radical (unpaired) electrons. The fraction of sp³-hybridized carbons (Fsp3) is 0.588. The van der Waals surface area contributed by atoms with Crippen LogP contribution in [-0.2, 0) is 9.53 Å². The second kappa shape index (κ2) is 7.46. The summed E-state index contributed by atoms with van der Waals surface area (Å²) in [6.07, 6.45) is 0.576. The van der Waals surface area contributed by atoms with Gasteiger partial charge in [0.2, 0.25) is 0 Å². The van der Waals surface area contributed by atoms with E-state index in [0.29, 0.717) is 12.5 Å². The van der Waals surface area contributed by atoms with Gasteiger partial charge in [0.15, 0.2) is 6.10 Å². The molecule has 0 aliphatic carbocycles. The summed E-state index contributed by atoms with van der Waals surface area (Å²) in [5.41, 5.74) is 1.18. The molecule has 0 spiro atoms. The van der Waals surface area contributed by atoms with Crippen molar-refractivity contribution in [2.75, 3.05) is 26.3 Å². The van der Waals surface area contributed by atoms with Crippen molar-refractivity contribution < 1.29 is 14.3 Å². The van der Waals surface area contributed by atoms with E-state index in [0.717, 1.165) is 31.9 Å². The molecule has 1 heterocycles. The van der Waals surface area contributed by atoms with Crippen LogP contribution in [0.4, 0.5) is 0 Å². The van der Waals surface area contributed by atoms with E-state index in [-0.39, 0.29) is 5.91 Å². The Morgan fingerprint density at radius 3 is 2.71 bits per heavy atom. The van der Waals surface area contributed by atoms with Gasteiger partial charge in [-0.3, -0.25) is 4.79 Å². The van der Waals surface area contributed by atoms with Crippen LogP contribution < -0.4 is 4.74 Å². The minimum atomic E-state index is -0.463. The monoisotopic (exact) mass is 291 g/mol. The van der Waals surface area contributed by atoms with E-state index < -0.39 is 6.10 Å². The normalized spacial score (nSPS) is 19.3. The predicted molar refractivity (Wildman–Crippen MR) is 82.4 cm³/mol. The van der Waals surface area contributed by atoms with E-state index in [2.05, 4.69) is 0 Å². The topological polar surface area (TPSA) is 38.8 Å². The minimum Gasteiger partial charge on any atom is -0.481 e. The van der Waals surface area contributed by atoms with Crippen molar-refractivity contribution in [1.29, 1.82) is 0 Å². The maximum Gasteiger partial charge on any atom is 0.263 e. The highest BCUT2D eigenvalue weighted by Gasteiger charge is 2.25. The Balaban J connectivity index is 1.91. The molecule has 116 valence electrons. The second-order valence-corrected chi connectivity index (χ2v) is 5.68. The summed E-state index contributed by atoms with van der Waals surface area (Å²) in [7, 11) is 0. The Bertz CT molecular complexity index is 452. The van der Waals surface area contributed by atoms with Crippen molar-refractivity contribution in [3.8, 4) is 5.75 Å². The van der Waals surface area contributed by atoms with Gasteiger partial charge in [0.1, 0.15) is 5.75 Å². The molecule has 1 amide bonds. The fourth-order valence-corrected chi connectivity index (χ4v) is 2.54. The van der Waals surface area contributed by atoms with E-state index >= 15 is 0 Å². The third-order valence-corrected chi connectivity index (χ3v) is 3.88. The number of rotatable bonds is 6. The van der Waals surface area contributed by atoms with E-state index in [1.165, 1.54) is 5.56 Å². The van der Waals surface area contributed by atoms with Crippen molar-refractivity contribution >= 4 is 5.91 Å². The van der Waals surface area contributed by atoms with Gasteiger partial charge in [-0.2, -0.15) is 0 Å². The van der Waals surface area contributed by atoms with Crippen LogP contribution in [0.3, 0.4) is 0 Å². The van der Waals surface area contributed by atoms with Crippen molar-refractivity contribution in [2.45, 2.75) is 33.3 Å². The van der Waals surface area contributed by atoms with Crippen LogP contribution in [0.2, 0.25) is 0 Å². The minimum absolute atomic E-state index is 0.0463. The number of benzene rings is 1. The Kier molecular flexibility index (Phi) is 5.62. The number of carbonyl (C=O) groups excluding carboxylic acids is 1. The summed E-state index contributed by atoms with van der Waals surface area (Å²) in [5.74, 6) is 1.24. The smallest absolute Gasteiger partial charge is 0.263 e. The number of carbonyl (C=O) groups is 1. The van der Waals surface area contributed by atoms with Gasteiger partial charge in [-0.15, -0.1) is 0 Å². The van der Waals surface area contributed by atoms with Crippen molar-refractivity contribution in [1.82, 2.24) is 4.90 Å². The molecular weight excluding hydrogens is 266 g/mol. The molecule has 2 atom stereocenters. The Morgan fingerprint density at radius 2 is 2.14 bits per heavy atom. The largest absolute Gasteiger partial charge is 0.481 e. The van der Waals surface area contributed by atoms with Gasteiger partial charge in [-0.05, 0) is 39.3 Å². The number of ether oxygens (including phenoxy) is 2. The average molecular weight is 291 g/mol. The lowest BCUT2D eigenvalue weighted by Crippen LogP contribution is -2.42. The van der Waals surface area contributed by atoms with E-state index in [4.69, 9.17) is 9.47 Å². The number of nitrogens with zero attached hydrogens (tertiary/aromatic N) is 1. The van der Waals surface area contributed by atoms with Crippen LogP contribution in [-0.4, -0.2) is 43.2 Å². The zero-order valence-electron chi connectivity index (χ0n) is 13.2. The zero-order valence-corrected chi connectivity index (χ0v) is 13.2. The van der Waals surface area contributed by atoms with Gasteiger partial charge < -0.3 is 14.4 Å². The van der Waals surface area contributed by atoms with Crippen molar-refractivity contribution in [3.63, 3.8) is 0 Å². The Morgan fingerprint density at radius 1 is 1.43 bits per heavy atom. The standard InChI is InChI=1S/C17H25NO3/c1-4-18(11-15-9-10-20-12-15)17(19)14(3)21-16-7-5-13(2)6-8-16/h5-8,14-15H,4,9-12H2,1-3H3/t14-,15+/m1/s1. The van der Waals surface area contributed by atoms with Crippen LogP contribution in [0, 0.1) is 12.8 Å². The Hall–Kier alpha value is -1.55. The fourth-order valence-electron chi connectivity index (χ4n) is 2.54. The molecule has 1 aromatic carbocycles. The van der Waals surface area contributed by atoms with E-state index in [1.807, 2.05) is 49.9 Å². The third kappa shape index (κ3) is 4.46. The average Bonchev–Trinajstić information content (AvgIpc) is 2.99. The molecule has 0 aromatic heterocycles. The molecule has 1 aliphatic heterocycles. The maximum absolute atomic E-state index is 12.5. The molecule has 21 heavy (non-hydrogen) atoms. The summed E-state index contributed by atoms with van der Waals surface area (Å²) in [6.45, 7) is 8.89. The summed E-state index contributed by atoms with van der Waals surface area (Å²) < 4.78 is 11.1. The first-order valence-electron chi connectivity index (χ1n) is 7.70. The van der Waals surface area contributed by atoms with Crippen LogP contribution >= 0.6 is 0 Å². The molecule has 1 fully saturated rings. The van der Waals surface area contributed by atoms with Crippen molar-refractivity contribution in [3.05, 3.63) is 29.8 Å². The predicted octanol–water partition coefficient (Wildman–Crippen LogP) is 2.65. The molecule has 0 unspecified atom stereocenters. The van der Waals surface area contributed by atoms with Gasteiger partial charge >= 0.3 is 0 Å². The number of amides is 1. The molecule has 0 N–H and O–H groups in total. The summed E-state index contributed by atoms with van der Waals surface area (Å²) in [6, 6.07) is 7.78. The number of aryl methyl sites for hydroxylation is 1. The van der Waals surface area contributed by atoms with Gasteiger partial charge in [0.05, 0.1) is 6.61 Å². The molecule has 2 rings (SSSR count). The quantitative estimate of drug-likeness (QED) is 0.809.